The summed E-state index contributed by atoms with van der Waals surface area (Å²) in [6, 6.07) is 7.05. The van der Waals surface area contributed by atoms with E-state index in [1.54, 1.807) is 39.7 Å². The Bertz CT molecular complexity index is 850. The van der Waals surface area contributed by atoms with Crippen LogP contribution in [0.2, 0.25) is 5.02 Å². The number of aromatic nitrogens is 3. The minimum absolute atomic E-state index is 0.0963. The molecule has 2 aromatic heterocycles. The molecule has 3 rings (SSSR count). The third-order valence-electron chi connectivity index (χ3n) is 3.14. The Morgan fingerprint density at radius 3 is 2.85 bits per heavy atom. The second-order valence-corrected chi connectivity index (χ2v) is 5.10. The van der Waals surface area contributed by atoms with Crippen molar-refractivity contribution in [1.82, 2.24) is 14.2 Å². The van der Waals surface area contributed by atoms with E-state index in [4.69, 9.17) is 17.3 Å². The van der Waals surface area contributed by atoms with Crippen LogP contribution < -0.4 is 11.3 Å². The van der Waals surface area contributed by atoms with E-state index in [-0.39, 0.29) is 5.56 Å². The van der Waals surface area contributed by atoms with E-state index in [1.165, 1.54) is 0 Å². The average molecular weight is 289 g/mol. The lowest BCUT2D eigenvalue weighted by Crippen LogP contribution is -2.21. The van der Waals surface area contributed by atoms with Gasteiger partial charge in [-0.2, -0.15) is 5.10 Å². The molecule has 6 heteroatoms. The molecule has 0 amide bonds. The van der Waals surface area contributed by atoms with Crippen LogP contribution in [0.25, 0.3) is 5.52 Å². The maximum Gasteiger partial charge on any atom is 0.276 e. The van der Waals surface area contributed by atoms with E-state index < -0.39 is 0 Å². The highest BCUT2D eigenvalue weighted by Crippen LogP contribution is 2.19. The number of aryl methyl sites for hydroxylation is 1. The molecule has 0 atom stereocenters. The van der Waals surface area contributed by atoms with E-state index in [0.717, 1.165) is 11.3 Å². The van der Waals surface area contributed by atoms with Crippen LogP contribution in [0.15, 0.2) is 41.5 Å². The van der Waals surface area contributed by atoms with Gasteiger partial charge in [0.15, 0.2) is 0 Å². The minimum Gasteiger partial charge on any atom is -0.399 e. The third kappa shape index (κ3) is 2.16. The SMILES string of the molecule is Cc1cc2c(=O)n(Cc3ccc(N)cc3Cl)ccn2n1. The first-order chi connectivity index (χ1) is 9.54. The molecule has 2 N–H and O–H groups in total. The molecule has 20 heavy (non-hydrogen) atoms. The molecule has 1 aromatic carbocycles. The van der Waals surface area contributed by atoms with Crippen molar-refractivity contribution in [3.8, 4) is 0 Å². The third-order valence-corrected chi connectivity index (χ3v) is 3.50. The zero-order chi connectivity index (χ0) is 14.3. The summed E-state index contributed by atoms with van der Waals surface area (Å²) in [5.41, 5.74) is 8.39. The molecule has 0 bridgehead atoms. The molecule has 0 radical (unpaired) electrons. The van der Waals surface area contributed by atoms with Crippen LogP contribution >= 0.6 is 11.6 Å². The van der Waals surface area contributed by atoms with Crippen LogP contribution in [0, 0.1) is 6.92 Å². The van der Waals surface area contributed by atoms with E-state index in [9.17, 15) is 4.79 Å². The van der Waals surface area contributed by atoms with Gasteiger partial charge in [-0.25, -0.2) is 4.52 Å². The Kier molecular flexibility index (Phi) is 2.99. The maximum atomic E-state index is 12.4. The van der Waals surface area contributed by atoms with E-state index >= 15 is 0 Å². The van der Waals surface area contributed by atoms with Gasteiger partial charge < -0.3 is 10.3 Å². The van der Waals surface area contributed by atoms with Crippen molar-refractivity contribution in [1.29, 1.82) is 0 Å². The van der Waals surface area contributed by atoms with Crippen LogP contribution in [-0.2, 0) is 6.54 Å². The highest BCUT2D eigenvalue weighted by atomic mass is 35.5. The number of benzene rings is 1. The van der Waals surface area contributed by atoms with Crippen LogP contribution in [0.5, 0.6) is 0 Å². The molecular weight excluding hydrogens is 276 g/mol. The van der Waals surface area contributed by atoms with Crippen molar-refractivity contribution < 1.29 is 0 Å². The molecule has 2 heterocycles. The highest BCUT2D eigenvalue weighted by molar-refractivity contribution is 6.31. The summed E-state index contributed by atoms with van der Waals surface area (Å²) in [5.74, 6) is 0. The van der Waals surface area contributed by atoms with Gasteiger partial charge in [-0.1, -0.05) is 17.7 Å². The summed E-state index contributed by atoms with van der Waals surface area (Å²) >= 11 is 6.14. The predicted octanol–water partition coefficient (Wildman–Crippen LogP) is 2.09. The molecule has 0 fully saturated rings. The molecule has 5 nitrogen and oxygen atoms in total. The minimum atomic E-state index is -0.0963. The quantitative estimate of drug-likeness (QED) is 0.734. The number of nitrogen functional groups attached to an aromatic ring is 1. The fourth-order valence-electron chi connectivity index (χ4n) is 2.15. The van der Waals surface area contributed by atoms with Crippen LogP contribution in [0.4, 0.5) is 5.69 Å². The van der Waals surface area contributed by atoms with E-state index in [2.05, 4.69) is 5.10 Å². The van der Waals surface area contributed by atoms with Gasteiger partial charge in [0, 0.05) is 23.1 Å². The zero-order valence-corrected chi connectivity index (χ0v) is 11.6. The zero-order valence-electron chi connectivity index (χ0n) is 10.9. The summed E-state index contributed by atoms with van der Waals surface area (Å²) in [4.78, 5) is 12.4. The summed E-state index contributed by atoms with van der Waals surface area (Å²) < 4.78 is 3.19. The van der Waals surface area contributed by atoms with Crippen molar-refractivity contribution in [2.24, 2.45) is 0 Å². The van der Waals surface area contributed by atoms with Crippen molar-refractivity contribution in [2.45, 2.75) is 13.5 Å². The van der Waals surface area contributed by atoms with Gasteiger partial charge in [-0.15, -0.1) is 0 Å². The first-order valence-corrected chi connectivity index (χ1v) is 6.52. The van der Waals surface area contributed by atoms with Crippen LogP contribution in [0.3, 0.4) is 0 Å². The standard InChI is InChI=1S/C14H13ClN4O/c1-9-6-13-14(20)18(4-5-19(13)17-9)8-10-2-3-11(16)7-12(10)15/h2-7H,8,16H2,1H3. The highest BCUT2D eigenvalue weighted by Gasteiger charge is 2.07. The number of nitrogens with two attached hydrogens (primary N) is 1. The summed E-state index contributed by atoms with van der Waals surface area (Å²) in [6.45, 7) is 2.26. The van der Waals surface area contributed by atoms with Crippen LogP contribution in [-0.4, -0.2) is 14.2 Å². The van der Waals surface area contributed by atoms with Gasteiger partial charge >= 0.3 is 0 Å². The normalized spacial score (nSPS) is 11.1. The first-order valence-electron chi connectivity index (χ1n) is 6.14. The summed E-state index contributed by atoms with van der Waals surface area (Å²) in [7, 11) is 0. The Hall–Kier alpha value is -2.27. The summed E-state index contributed by atoms with van der Waals surface area (Å²) in [5, 5.41) is 4.77. The molecule has 0 aliphatic rings. The fraction of sp³-hybridized carbons (Fsp3) is 0.143. The molecule has 0 aliphatic carbocycles. The van der Waals surface area contributed by atoms with Gasteiger partial charge in [-0.3, -0.25) is 4.79 Å². The van der Waals surface area contributed by atoms with Crippen molar-refractivity contribution in [3.63, 3.8) is 0 Å². The number of nitrogens with zero attached hydrogens (tertiary/aromatic N) is 3. The summed E-state index contributed by atoms with van der Waals surface area (Å²) in [6.07, 6.45) is 3.46. The fourth-order valence-corrected chi connectivity index (χ4v) is 2.40. The van der Waals surface area contributed by atoms with Gasteiger partial charge in [0.25, 0.3) is 5.56 Å². The van der Waals surface area contributed by atoms with Gasteiger partial charge in [0.2, 0.25) is 0 Å². The maximum absolute atomic E-state index is 12.4. The van der Waals surface area contributed by atoms with Gasteiger partial charge in [0.1, 0.15) is 5.52 Å². The molecule has 0 aliphatic heterocycles. The monoisotopic (exact) mass is 288 g/mol. The molecule has 0 saturated heterocycles. The number of hydrogen-bond acceptors (Lipinski definition) is 3. The topological polar surface area (TPSA) is 65.3 Å². The number of rotatable bonds is 2. The van der Waals surface area contributed by atoms with Crippen molar-refractivity contribution >= 4 is 22.8 Å². The Morgan fingerprint density at radius 2 is 2.10 bits per heavy atom. The number of anilines is 1. The lowest BCUT2D eigenvalue weighted by Gasteiger charge is -2.08. The lowest BCUT2D eigenvalue weighted by molar-refractivity contribution is 0.742. The lowest BCUT2D eigenvalue weighted by atomic mass is 10.2. The molecule has 3 aromatic rings. The Labute approximate surface area is 120 Å². The largest absolute Gasteiger partial charge is 0.399 e. The van der Waals surface area contributed by atoms with Crippen molar-refractivity contribution in [2.75, 3.05) is 5.73 Å². The Morgan fingerprint density at radius 1 is 1.30 bits per heavy atom. The molecule has 0 spiro atoms. The number of fused-ring (bicyclic) bond motifs is 1. The van der Waals surface area contributed by atoms with Gasteiger partial charge in [-0.05, 0) is 30.7 Å². The van der Waals surface area contributed by atoms with E-state index in [1.807, 2.05) is 13.0 Å². The Balaban J connectivity index is 2.06. The molecule has 102 valence electrons. The molecule has 0 saturated carbocycles. The number of hydrogen-bond donors (Lipinski definition) is 1. The van der Waals surface area contributed by atoms with Gasteiger partial charge in [0.05, 0.1) is 12.2 Å². The van der Waals surface area contributed by atoms with E-state index in [0.29, 0.717) is 22.8 Å². The van der Waals surface area contributed by atoms with Crippen molar-refractivity contribution in [3.05, 3.63) is 63.3 Å². The van der Waals surface area contributed by atoms with Crippen LogP contribution in [0.1, 0.15) is 11.3 Å². The molecular formula is C14H13ClN4O. The smallest absolute Gasteiger partial charge is 0.276 e. The predicted molar refractivity (Wildman–Crippen MR) is 79.2 cm³/mol. The second-order valence-electron chi connectivity index (χ2n) is 4.70. The number of halogens is 1. The second kappa shape index (κ2) is 4.68. The first kappa shape index (κ1) is 12.7. The average Bonchev–Trinajstić information content (AvgIpc) is 2.77. The molecule has 0 unspecified atom stereocenters.